The van der Waals surface area contributed by atoms with Crippen LogP contribution in [0, 0.1) is 11.8 Å². The molecule has 2 aromatic carbocycles. The van der Waals surface area contributed by atoms with Crippen LogP contribution in [0.3, 0.4) is 0 Å². The average molecular weight is 565 g/mol. The van der Waals surface area contributed by atoms with Crippen molar-refractivity contribution in [2.75, 3.05) is 39.3 Å². The molecular formula is C38H52N4. The van der Waals surface area contributed by atoms with Crippen molar-refractivity contribution in [1.29, 1.82) is 0 Å². The Morgan fingerprint density at radius 1 is 0.714 bits per heavy atom. The van der Waals surface area contributed by atoms with Gasteiger partial charge in [-0.3, -0.25) is 0 Å². The van der Waals surface area contributed by atoms with Gasteiger partial charge in [0.05, 0.1) is 6.04 Å². The van der Waals surface area contributed by atoms with E-state index in [1.54, 1.807) is 16.8 Å². The van der Waals surface area contributed by atoms with E-state index in [1.165, 1.54) is 131 Å². The Hall–Kier alpha value is -2.56. The van der Waals surface area contributed by atoms with Crippen LogP contribution >= 0.6 is 0 Å². The second kappa shape index (κ2) is 12.6. The Morgan fingerprint density at radius 3 is 2.07 bits per heavy atom. The first-order chi connectivity index (χ1) is 20.7. The maximum Gasteiger partial charge on any atom is 0.0741 e. The number of H-pyrrole nitrogens is 1. The Morgan fingerprint density at radius 2 is 1.36 bits per heavy atom. The van der Waals surface area contributed by atoms with E-state index >= 15 is 0 Å². The normalized spacial score (nSPS) is 24.0. The van der Waals surface area contributed by atoms with Gasteiger partial charge in [-0.25, -0.2) is 0 Å². The number of nitrogens with one attached hydrogen (secondary N) is 1. The van der Waals surface area contributed by atoms with Gasteiger partial charge in [0, 0.05) is 59.4 Å². The smallest absolute Gasteiger partial charge is 0.0741 e. The van der Waals surface area contributed by atoms with Gasteiger partial charge < -0.3 is 19.4 Å². The summed E-state index contributed by atoms with van der Waals surface area (Å²) < 4.78 is 2.78. The summed E-state index contributed by atoms with van der Waals surface area (Å²) in [6.45, 7) is 12.2. The molecule has 0 radical (unpaired) electrons. The number of likely N-dealkylation sites (tertiary alicyclic amines) is 2. The Balaban J connectivity index is 1.22. The number of benzene rings is 2. The second-order valence-electron chi connectivity index (χ2n) is 13.7. The third-order valence-corrected chi connectivity index (χ3v) is 11.2. The molecule has 3 aliphatic rings. The Labute approximate surface area is 253 Å². The lowest BCUT2D eigenvalue weighted by molar-refractivity contribution is 0.173. The number of aromatic amines is 1. The highest BCUT2D eigenvalue weighted by atomic mass is 15.1. The van der Waals surface area contributed by atoms with Crippen molar-refractivity contribution >= 4 is 21.8 Å². The number of nitrogens with zero attached hydrogens (tertiary/aromatic N) is 3. The highest BCUT2D eigenvalue weighted by Gasteiger charge is 2.31. The zero-order chi connectivity index (χ0) is 28.5. The molecular weight excluding hydrogens is 512 g/mol. The first kappa shape index (κ1) is 28.2. The molecule has 0 aliphatic carbocycles. The number of rotatable bonds is 9. The van der Waals surface area contributed by atoms with Crippen LogP contribution in [0.25, 0.3) is 21.8 Å². The van der Waals surface area contributed by atoms with Gasteiger partial charge in [0.1, 0.15) is 0 Å². The van der Waals surface area contributed by atoms with Crippen molar-refractivity contribution in [3.63, 3.8) is 0 Å². The molecule has 0 bridgehead atoms. The summed E-state index contributed by atoms with van der Waals surface area (Å²) in [6, 6.07) is 18.8. The van der Waals surface area contributed by atoms with Crippen LogP contribution in [0.1, 0.15) is 93.8 Å². The molecule has 3 atom stereocenters. The third kappa shape index (κ3) is 5.46. The van der Waals surface area contributed by atoms with Gasteiger partial charge in [0.15, 0.2) is 0 Å². The van der Waals surface area contributed by atoms with Crippen molar-refractivity contribution in [2.24, 2.45) is 11.8 Å². The molecule has 42 heavy (non-hydrogen) atoms. The number of fused-ring (bicyclic) bond motifs is 4. The molecule has 2 saturated heterocycles. The maximum atomic E-state index is 4.00. The molecule has 2 aromatic heterocycles. The van der Waals surface area contributed by atoms with Gasteiger partial charge in [-0.05, 0) is 106 Å². The van der Waals surface area contributed by atoms with Gasteiger partial charge in [-0.1, -0.05) is 63.1 Å². The van der Waals surface area contributed by atoms with Crippen LogP contribution in [0.5, 0.6) is 0 Å². The predicted octanol–water partition coefficient (Wildman–Crippen LogP) is 8.38. The lowest BCUT2D eigenvalue weighted by Gasteiger charge is -2.33. The zero-order valence-corrected chi connectivity index (χ0v) is 26.2. The molecule has 1 N–H and O–H groups in total. The van der Waals surface area contributed by atoms with Crippen molar-refractivity contribution in [1.82, 2.24) is 19.4 Å². The molecule has 4 aromatic rings. The monoisotopic (exact) mass is 564 g/mol. The van der Waals surface area contributed by atoms with Gasteiger partial charge >= 0.3 is 0 Å². The van der Waals surface area contributed by atoms with Crippen LogP contribution in [0.4, 0.5) is 0 Å². The van der Waals surface area contributed by atoms with Gasteiger partial charge in [-0.15, -0.1) is 0 Å². The van der Waals surface area contributed by atoms with E-state index in [0.717, 1.165) is 18.3 Å². The summed E-state index contributed by atoms with van der Waals surface area (Å²) in [7, 11) is 0. The molecule has 0 amide bonds. The van der Waals surface area contributed by atoms with E-state index in [2.05, 4.69) is 81.7 Å². The molecule has 0 spiro atoms. The van der Waals surface area contributed by atoms with Crippen molar-refractivity contribution in [3.05, 3.63) is 71.0 Å². The Bertz CT molecular complexity index is 1490. The number of hydrogen-bond acceptors (Lipinski definition) is 2. The van der Waals surface area contributed by atoms with E-state index < -0.39 is 0 Å². The molecule has 224 valence electrons. The number of para-hydroxylation sites is 2. The third-order valence-electron chi connectivity index (χ3n) is 11.2. The van der Waals surface area contributed by atoms with E-state index in [-0.39, 0.29) is 0 Å². The topological polar surface area (TPSA) is 27.2 Å². The number of piperidine rings is 2. The minimum atomic E-state index is 0.388. The van der Waals surface area contributed by atoms with Crippen LogP contribution in [-0.2, 0) is 19.3 Å². The molecule has 2 fully saturated rings. The number of aromatic nitrogens is 2. The standard InChI is InChI=1S/C38H52N4/c1-3-28-12-10-22-40(26-28)24-20-32-31-15-6-8-17-35(31)42-36(32)18-9-19-37(42)38-33(30-14-5-7-16-34(30)39-38)21-25-41-23-11-13-29(4-2)27-41/h5-8,14-17,28-29,37,39H,3-4,9-13,18-27H2,1-2H3/t28?,29?,37-/m1/s1. The highest BCUT2D eigenvalue weighted by molar-refractivity contribution is 5.87. The van der Waals surface area contributed by atoms with Crippen LogP contribution < -0.4 is 0 Å². The van der Waals surface area contributed by atoms with Crippen LogP contribution in [0.15, 0.2) is 48.5 Å². The predicted molar refractivity (Wildman–Crippen MR) is 178 cm³/mol. The molecule has 3 aliphatic heterocycles. The van der Waals surface area contributed by atoms with Crippen LogP contribution in [-0.4, -0.2) is 58.6 Å². The summed E-state index contributed by atoms with van der Waals surface area (Å²) in [5.74, 6) is 1.77. The lowest BCUT2D eigenvalue weighted by Crippen LogP contribution is -2.36. The molecule has 4 heteroatoms. The number of hydrogen-bond donors (Lipinski definition) is 1. The van der Waals surface area contributed by atoms with Gasteiger partial charge in [0.2, 0.25) is 0 Å². The minimum absolute atomic E-state index is 0.388. The molecule has 2 unspecified atom stereocenters. The highest BCUT2D eigenvalue weighted by Crippen LogP contribution is 2.41. The SMILES string of the molecule is CCC1CCCN(CCc2c([C@H]3CCCc4c(CCN5CCCC(CC)C5)c5ccccc5n43)[nH]c3ccccc23)C1. The van der Waals surface area contributed by atoms with Crippen molar-refractivity contribution < 1.29 is 0 Å². The van der Waals surface area contributed by atoms with Crippen molar-refractivity contribution in [2.45, 2.75) is 90.5 Å². The lowest BCUT2D eigenvalue weighted by atomic mass is 9.93. The zero-order valence-electron chi connectivity index (χ0n) is 26.2. The fourth-order valence-corrected chi connectivity index (χ4v) is 8.85. The van der Waals surface area contributed by atoms with E-state index in [1.807, 2.05) is 0 Å². The fraction of sp³-hybridized carbons (Fsp3) is 0.579. The fourth-order valence-electron chi connectivity index (χ4n) is 8.85. The second-order valence-corrected chi connectivity index (χ2v) is 13.7. The quantitative estimate of drug-likeness (QED) is 0.221. The first-order valence-corrected chi connectivity index (χ1v) is 17.4. The summed E-state index contributed by atoms with van der Waals surface area (Å²) in [4.78, 5) is 9.52. The molecule has 5 heterocycles. The van der Waals surface area contributed by atoms with E-state index in [4.69, 9.17) is 0 Å². The molecule has 4 nitrogen and oxygen atoms in total. The first-order valence-electron chi connectivity index (χ1n) is 17.4. The maximum absolute atomic E-state index is 4.00. The van der Waals surface area contributed by atoms with Crippen LogP contribution in [0.2, 0.25) is 0 Å². The van der Waals surface area contributed by atoms with Gasteiger partial charge in [-0.2, -0.15) is 0 Å². The molecule has 7 rings (SSSR count). The Kier molecular flexibility index (Phi) is 8.46. The van der Waals surface area contributed by atoms with E-state index in [0.29, 0.717) is 6.04 Å². The van der Waals surface area contributed by atoms with Crippen molar-refractivity contribution in [3.8, 4) is 0 Å². The summed E-state index contributed by atoms with van der Waals surface area (Å²) in [5.41, 5.74) is 9.06. The van der Waals surface area contributed by atoms with Gasteiger partial charge in [0.25, 0.3) is 0 Å². The largest absolute Gasteiger partial charge is 0.356 e. The summed E-state index contributed by atoms with van der Waals surface area (Å²) in [5, 5.41) is 2.94. The summed E-state index contributed by atoms with van der Waals surface area (Å²) in [6.07, 6.45) is 14.2. The minimum Gasteiger partial charge on any atom is -0.356 e. The van der Waals surface area contributed by atoms with E-state index in [9.17, 15) is 0 Å². The average Bonchev–Trinajstić information content (AvgIpc) is 3.58. The summed E-state index contributed by atoms with van der Waals surface area (Å²) >= 11 is 0. The molecule has 0 saturated carbocycles.